The maximum absolute atomic E-state index is 11.6. The maximum atomic E-state index is 11.6. The fraction of sp³-hybridized carbons (Fsp3) is 0.600. The Morgan fingerprint density at radius 1 is 1.65 bits per heavy atom. The first kappa shape index (κ1) is 12.5. The summed E-state index contributed by atoms with van der Waals surface area (Å²) in [6.07, 6.45) is 1.24. The highest BCUT2D eigenvalue weighted by Crippen LogP contribution is 2.29. The molecule has 7 heteroatoms. The van der Waals surface area contributed by atoms with Gasteiger partial charge in [0.25, 0.3) is 5.91 Å². The molecule has 2 heterocycles. The van der Waals surface area contributed by atoms with Crippen LogP contribution in [0.15, 0.2) is 0 Å². The van der Waals surface area contributed by atoms with Crippen LogP contribution < -0.4 is 16.4 Å². The molecule has 1 aliphatic rings. The standard InChI is InChI=1S/C10H16N4OS2/c1-12-9(15)7-8(11)14-17-10(7)13-4-6-2-3-16-5-6/h6,13H,2-5H2,1H3,(H2,11,14)(H,12,15). The zero-order chi connectivity index (χ0) is 12.3. The third kappa shape index (κ3) is 2.84. The number of anilines is 2. The minimum absolute atomic E-state index is 0.181. The average Bonchev–Trinajstić information content (AvgIpc) is 2.95. The van der Waals surface area contributed by atoms with Crippen molar-refractivity contribution < 1.29 is 4.79 Å². The Labute approximate surface area is 109 Å². The van der Waals surface area contributed by atoms with Crippen LogP contribution in [-0.4, -0.2) is 35.4 Å². The Morgan fingerprint density at radius 3 is 3.12 bits per heavy atom. The SMILES string of the molecule is CNC(=O)c1c(N)nsc1NCC1CCSC1. The lowest BCUT2D eigenvalue weighted by molar-refractivity contribution is 0.0965. The Morgan fingerprint density at radius 2 is 2.47 bits per heavy atom. The van der Waals surface area contributed by atoms with E-state index in [-0.39, 0.29) is 5.91 Å². The van der Waals surface area contributed by atoms with Gasteiger partial charge in [-0.3, -0.25) is 4.79 Å². The summed E-state index contributed by atoms with van der Waals surface area (Å²) >= 11 is 3.23. The summed E-state index contributed by atoms with van der Waals surface area (Å²) in [5.74, 6) is 3.23. The molecule has 2 rings (SSSR count). The second-order valence-electron chi connectivity index (χ2n) is 3.96. The van der Waals surface area contributed by atoms with Gasteiger partial charge in [-0.25, -0.2) is 0 Å². The van der Waals surface area contributed by atoms with Crippen molar-refractivity contribution in [2.45, 2.75) is 6.42 Å². The molecule has 0 aromatic carbocycles. The van der Waals surface area contributed by atoms with Gasteiger partial charge in [-0.15, -0.1) is 0 Å². The highest BCUT2D eigenvalue weighted by molar-refractivity contribution is 7.99. The number of thioether (sulfide) groups is 1. The van der Waals surface area contributed by atoms with Crippen LogP contribution in [0.1, 0.15) is 16.8 Å². The van der Waals surface area contributed by atoms with E-state index in [0.717, 1.165) is 11.5 Å². The van der Waals surface area contributed by atoms with Gasteiger partial charge in [-0.05, 0) is 35.4 Å². The van der Waals surface area contributed by atoms with Crippen molar-refractivity contribution in [2.24, 2.45) is 5.92 Å². The zero-order valence-electron chi connectivity index (χ0n) is 9.66. The molecule has 94 valence electrons. The van der Waals surface area contributed by atoms with Crippen molar-refractivity contribution >= 4 is 40.0 Å². The monoisotopic (exact) mass is 272 g/mol. The van der Waals surface area contributed by atoms with Crippen molar-refractivity contribution in [1.82, 2.24) is 9.69 Å². The highest BCUT2D eigenvalue weighted by Gasteiger charge is 2.20. The fourth-order valence-corrected chi connectivity index (χ4v) is 3.75. The zero-order valence-corrected chi connectivity index (χ0v) is 11.3. The Hall–Kier alpha value is -0.950. The quantitative estimate of drug-likeness (QED) is 0.768. The first-order valence-electron chi connectivity index (χ1n) is 5.51. The molecular formula is C10H16N4OS2. The lowest BCUT2D eigenvalue weighted by Gasteiger charge is -2.10. The molecule has 1 atom stereocenters. The van der Waals surface area contributed by atoms with Crippen LogP contribution in [0.4, 0.5) is 10.8 Å². The molecule has 0 bridgehead atoms. The minimum Gasteiger partial charge on any atom is -0.382 e. The second-order valence-corrected chi connectivity index (χ2v) is 5.88. The number of hydrogen-bond donors (Lipinski definition) is 3. The minimum atomic E-state index is -0.181. The Balaban J connectivity index is 2.02. The van der Waals surface area contributed by atoms with E-state index >= 15 is 0 Å². The number of hydrogen-bond acceptors (Lipinski definition) is 6. The smallest absolute Gasteiger partial charge is 0.257 e. The molecule has 1 aromatic rings. The number of aromatic nitrogens is 1. The third-order valence-electron chi connectivity index (χ3n) is 2.75. The van der Waals surface area contributed by atoms with E-state index in [1.54, 1.807) is 7.05 Å². The number of carbonyl (C=O) groups is 1. The number of nitrogens with two attached hydrogens (primary N) is 1. The van der Waals surface area contributed by atoms with Gasteiger partial charge in [0.1, 0.15) is 10.6 Å². The van der Waals surface area contributed by atoms with Gasteiger partial charge in [0, 0.05) is 13.6 Å². The van der Waals surface area contributed by atoms with E-state index in [1.807, 2.05) is 11.8 Å². The van der Waals surface area contributed by atoms with Crippen LogP contribution in [0.5, 0.6) is 0 Å². The number of rotatable bonds is 4. The molecule has 1 saturated heterocycles. The van der Waals surface area contributed by atoms with E-state index in [9.17, 15) is 4.79 Å². The molecule has 0 spiro atoms. The normalized spacial score (nSPS) is 19.2. The van der Waals surface area contributed by atoms with Crippen molar-refractivity contribution in [2.75, 3.05) is 36.1 Å². The van der Waals surface area contributed by atoms with Gasteiger partial charge in [0.05, 0.1) is 0 Å². The molecule has 4 N–H and O–H groups in total. The number of nitrogens with one attached hydrogen (secondary N) is 2. The lowest BCUT2D eigenvalue weighted by atomic mass is 10.1. The van der Waals surface area contributed by atoms with Gasteiger partial charge >= 0.3 is 0 Å². The first-order valence-corrected chi connectivity index (χ1v) is 7.44. The van der Waals surface area contributed by atoms with E-state index in [0.29, 0.717) is 17.3 Å². The summed E-state index contributed by atoms with van der Waals surface area (Å²) in [6.45, 7) is 0.888. The van der Waals surface area contributed by atoms with Crippen molar-refractivity contribution in [3.63, 3.8) is 0 Å². The molecule has 0 aliphatic carbocycles. The summed E-state index contributed by atoms with van der Waals surface area (Å²) in [6, 6.07) is 0. The Bertz CT molecular complexity index is 401. The molecule has 1 fully saturated rings. The van der Waals surface area contributed by atoms with Gasteiger partial charge in [-0.1, -0.05) is 0 Å². The number of nitrogen functional groups attached to an aromatic ring is 1. The molecule has 5 nitrogen and oxygen atoms in total. The van der Waals surface area contributed by atoms with Crippen LogP contribution >= 0.6 is 23.3 Å². The molecule has 1 unspecified atom stereocenters. The topological polar surface area (TPSA) is 80.0 Å². The Kier molecular flexibility index (Phi) is 4.11. The van der Waals surface area contributed by atoms with E-state index in [4.69, 9.17) is 5.73 Å². The molecule has 17 heavy (non-hydrogen) atoms. The maximum Gasteiger partial charge on any atom is 0.257 e. The molecular weight excluding hydrogens is 256 g/mol. The van der Waals surface area contributed by atoms with Crippen LogP contribution in [0.25, 0.3) is 0 Å². The first-order chi connectivity index (χ1) is 8.22. The third-order valence-corrected chi connectivity index (χ3v) is 4.80. The van der Waals surface area contributed by atoms with E-state index in [2.05, 4.69) is 15.0 Å². The van der Waals surface area contributed by atoms with Crippen LogP contribution in [0.2, 0.25) is 0 Å². The molecule has 1 aliphatic heterocycles. The summed E-state index contributed by atoms with van der Waals surface area (Å²) in [5.41, 5.74) is 6.17. The van der Waals surface area contributed by atoms with Crippen LogP contribution in [0, 0.1) is 5.92 Å². The summed E-state index contributed by atoms with van der Waals surface area (Å²) in [4.78, 5) is 11.6. The summed E-state index contributed by atoms with van der Waals surface area (Å²) < 4.78 is 4.02. The van der Waals surface area contributed by atoms with E-state index < -0.39 is 0 Å². The molecule has 1 aromatic heterocycles. The van der Waals surface area contributed by atoms with Gasteiger partial charge in [0.2, 0.25) is 0 Å². The lowest BCUT2D eigenvalue weighted by Crippen LogP contribution is -2.21. The number of nitrogens with zero attached hydrogens (tertiary/aromatic N) is 1. The number of amides is 1. The largest absolute Gasteiger partial charge is 0.382 e. The second kappa shape index (κ2) is 5.59. The predicted molar refractivity (Wildman–Crippen MR) is 73.8 cm³/mol. The van der Waals surface area contributed by atoms with Gasteiger partial charge in [0.15, 0.2) is 5.82 Å². The predicted octanol–water partition coefficient (Wildman–Crippen LogP) is 1.25. The fourth-order valence-electron chi connectivity index (χ4n) is 1.75. The molecule has 0 saturated carbocycles. The number of carbonyl (C=O) groups excluding carboxylic acids is 1. The highest BCUT2D eigenvalue weighted by atomic mass is 32.2. The van der Waals surface area contributed by atoms with Gasteiger partial charge < -0.3 is 16.4 Å². The summed E-state index contributed by atoms with van der Waals surface area (Å²) in [5, 5.41) is 6.65. The van der Waals surface area contributed by atoms with Crippen molar-refractivity contribution in [1.29, 1.82) is 0 Å². The molecule has 0 radical (unpaired) electrons. The van der Waals surface area contributed by atoms with Gasteiger partial charge in [-0.2, -0.15) is 16.1 Å². The van der Waals surface area contributed by atoms with Crippen molar-refractivity contribution in [3.05, 3.63) is 5.56 Å². The average molecular weight is 272 g/mol. The molecule has 1 amide bonds. The van der Waals surface area contributed by atoms with Crippen LogP contribution in [-0.2, 0) is 0 Å². The van der Waals surface area contributed by atoms with E-state index in [1.165, 1.54) is 29.5 Å². The van der Waals surface area contributed by atoms with Crippen molar-refractivity contribution in [3.8, 4) is 0 Å². The summed E-state index contributed by atoms with van der Waals surface area (Å²) in [7, 11) is 1.59. The van der Waals surface area contributed by atoms with Crippen LogP contribution in [0.3, 0.4) is 0 Å².